The second-order valence-electron chi connectivity index (χ2n) is 4.94. The van der Waals surface area contributed by atoms with Crippen LogP contribution in [0.3, 0.4) is 0 Å². The molecule has 0 unspecified atom stereocenters. The number of carbonyl (C=O) groups is 2. The molecule has 0 saturated heterocycles. The van der Waals surface area contributed by atoms with Crippen LogP contribution in [0.2, 0.25) is 0 Å². The van der Waals surface area contributed by atoms with Crippen LogP contribution < -0.4 is 10.6 Å². The first kappa shape index (κ1) is 15.5. The number of carboxylic acid groups (broad SMARTS) is 1. The van der Waals surface area contributed by atoms with E-state index >= 15 is 0 Å². The van der Waals surface area contributed by atoms with E-state index in [1.54, 1.807) is 0 Å². The largest absolute Gasteiger partial charge is 0.480 e. The Morgan fingerprint density at radius 2 is 2.21 bits per heavy atom. The summed E-state index contributed by atoms with van der Waals surface area (Å²) < 4.78 is 0. The minimum absolute atomic E-state index is 0.391. The molecule has 5 heteroatoms. The third kappa shape index (κ3) is 6.27. The lowest BCUT2D eigenvalue weighted by atomic mass is 9.97. The van der Waals surface area contributed by atoms with Gasteiger partial charge >= 0.3 is 12.0 Å². The summed E-state index contributed by atoms with van der Waals surface area (Å²) in [6, 6.07) is -1.18. The Morgan fingerprint density at radius 1 is 1.42 bits per heavy atom. The van der Waals surface area contributed by atoms with Crippen LogP contribution in [0.25, 0.3) is 0 Å². The van der Waals surface area contributed by atoms with Crippen LogP contribution in [-0.4, -0.2) is 29.7 Å². The van der Waals surface area contributed by atoms with Crippen LogP contribution in [0, 0.1) is 0 Å². The highest BCUT2D eigenvalue weighted by molar-refractivity contribution is 5.82. The van der Waals surface area contributed by atoms with Crippen molar-refractivity contribution in [3.8, 4) is 0 Å². The van der Waals surface area contributed by atoms with Crippen molar-refractivity contribution in [2.45, 2.75) is 57.9 Å². The fourth-order valence-corrected chi connectivity index (χ4v) is 2.22. The number of aliphatic carboxylic acids is 1. The van der Waals surface area contributed by atoms with E-state index in [1.165, 1.54) is 18.4 Å². The van der Waals surface area contributed by atoms with E-state index in [0.29, 0.717) is 13.0 Å². The standard InChI is InChI=1S/C14H24N2O3/c1-2-6-12(13(17)18)16-14(19)15-10-9-11-7-4-3-5-8-11/h7,12H,2-6,8-10H2,1H3,(H,17,18)(H2,15,16,19)/t12-/m1/s1. The van der Waals surface area contributed by atoms with Crippen molar-refractivity contribution in [3.05, 3.63) is 11.6 Å². The highest BCUT2D eigenvalue weighted by atomic mass is 16.4. The summed E-state index contributed by atoms with van der Waals surface area (Å²) in [6.07, 6.45) is 9.04. The zero-order valence-electron chi connectivity index (χ0n) is 11.6. The third-order valence-electron chi connectivity index (χ3n) is 3.30. The molecule has 0 heterocycles. The molecule has 0 aromatic rings. The zero-order valence-corrected chi connectivity index (χ0v) is 11.6. The van der Waals surface area contributed by atoms with Crippen molar-refractivity contribution in [2.75, 3.05) is 6.54 Å². The number of carbonyl (C=O) groups excluding carboxylic acids is 1. The first-order valence-electron chi connectivity index (χ1n) is 7.08. The predicted octanol–water partition coefficient (Wildman–Crippen LogP) is 2.43. The number of nitrogens with one attached hydrogen (secondary N) is 2. The van der Waals surface area contributed by atoms with Gasteiger partial charge in [0.25, 0.3) is 0 Å². The monoisotopic (exact) mass is 268 g/mol. The summed E-state index contributed by atoms with van der Waals surface area (Å²) in [5.41, 5.74) is 1.40. The normalized spacial score (nSPS) is 16.4. The van der Waals surface area contributed by atoms with Crippen LogP contribution in [0.15, 0.2) is 11.6 Å². The first-order chi connectivity index (χ1) is 9.13. The first-order valence-corrected chi connectivity index (χ1v) is 7.08. The molecule has 1 aliphatic carbocycles. The maximum atomic E-state index is 11.6. The van der Waals surface area contributed by atoms with Crippen LogP contribution in [0.4, 0.5) is 4.79 Å². The topological polar surface area (TPSA) is 78.4 Å². The highest BCUT2D eigenvalue weighted by Gasteiger charge is 2.18. The molecule has 3 N–H and O–H groups in total. The fourth-order valence-electron chi connectivity index (χ4n) is 2.22. The van der Waals surface area contributed by atoms with Crippen LogP contribution in [-0.2, 0) is 4.79 Å². The maximum absolute atomic E-state index is 11.6. The van der Waals surface area contributed by atoms with Gasteiger partial charge in [-0.15, -0.1) is 0 Å². The second-order valence-corrected chi connectivity index (χ2v) is 4.94. The van der Waals surface area contributed by atoms with E-state index in [9.17, 15) is 9.59 Å². The lowest BCUT2D eigenvalue weighted by Gasteiger charge is -2.15. The van der Waals surface area contributed by atoms with Crippen molar-refractivity contribution in [3.63, 3.8) is 0 Å². The SMILES string of the molecule is CCC[C@@H](NC(=O)NCCC1=CCCCC1)C(=O)O. The quantitative estimate of drug-likeness (QED) is 0.620. The average Bonchev–Trinajstić information content (AvgIpc) is 2.39. The second kappa shape index (κ2) is 8.56. The minimum atomic E-state index is -0.980. The molecule has 1 rings (SSSR count). The Kier molecular flexibility index (Phi) is 7.00. The summed E-state index contributed by atoms with van der Waals surface area (Å²) in [6.45, 7) is 2.46. The van der Waals surface area contributed by atoms with E-state index < -0.39 is 18.0 Å². The summed E-state index contributed by atoms with van der Waals surface area (Å²) in [7, 11) is 0. The molecule has 0 spiro atoms. The summed E-state index contributed by atoms with van der Waals surface area (Å²) in [5.74, 6) is -0.980. The van der Waals surface area contributed by atoms with E-state index in [1.807, 2.05) is 6.92 Å². The number of allylic oxidation sites excluding steroid dienone is 1. The number of rotatable bonds is 7. The van der Waals surface area contributed by atoms with Gasteiger partial charge in [0, 0.05) is 6.54 Å². The Labute approximate surface area is 114 Å². The highest BCUT2D eigenvalue weighted by Crippen LogP contribution is 2.19. The molecule has 19 heavy (non-hydrogen) atoms. The van der Waals surface area contributed by atoms with Crippen molar-refractivity contribution in [1.82, 2.24) is 10.6 Å². The molecule has 0 aromatic heterocycles. The van der Waals surface area contributed by atoms with Crippen LogP contribution >= 0.6 is 0 Å². The molecule has 2 amide bonds. The van der Waals surface area contributed by atoms with Gasteiger partial charge in [-0.3, -0.25) is 0 Å². The number of hydrogen-bond acceptors (Lipinski definition) is 2. The maximum Gasteiger partial charge on any atom is 0.326 e. The Morgan fingerprint density at radius 3 is 2.79 bits per heavy atom. The summed E-state index contributed by atoms with van der Waals surface area (Å²) >= 11 is 0. The van der Waals surface area contributed by atoms with Gasteiger partial charge in [-0.1, -0.05) is 25.0 Å². The van der Waals surface area contributed by atoms with E-state index in [2.05, 4.69) is 16.7 Å². The van der Waals surface area contributed by atoms with E-state index in [4.69, 9.17) is 5.11 Å². The van der Waals surface area contributed by atoms with Crippen LogP contribution in [0.1, 0.15) is 51.9 Å². The Bertz CT molecular complexity index is 340. The van der Waals surface area contributed by atoms with Crippen molar-refractivity contribution in [2.24, 2.45) is 0 Å². The Hall–Kier alpha value is -1.52. The van der Waals surface area contributed by atoms with E-state index in [0.717, 1.165) is 25.7 Å². The molecule has 0 radical (unpaired) electrons. The van der Waals surface area contributed by atoms with Crippen molar-refractivity contribution >= 4 is 12.0 Å². The lowest BCUT2D eigenvalue weighted by molar-refractivity contribution is -0.139. The minimum Gasteiger partial charge on any atom is -0.480 e. The predicted molar refractivity (Wildman–Crippen MR) is 74.0 cm³/mol. The van der Waals surface area contributed by atoms with Gasteiger partial charge in [0.15, 0.2) is 0 Å². The van der Waals surface area contributed by atoms with Gasteiger partial charge in [-0.25, -0.2) is 9.59 Å². The summed E-state index contributed by atoms with van der Waals surface area (Å²) in [5, 5.41) is 14.1. The van der Waals surface area contributed by atoms with Crippen LogP contribution in [0.5, 0.6) is 0 Å². The van der Waals surface area contributed by atoms with Crippen molar-refractivity contribution in [1.29, 1.82) is 0 Å². The van der Waals surface area contributed by atoms with Gasteiger partial charge in [0.2, 0.25) is 0 Å². The molecule has 5 nitrogen and oxygen atoms in total. The molecule has 0 aromatic carbocycles. The smallest absolute Gasteiger partial charge is 0.326 e. The van der Waals surface area contributed by atoms with Gasteiger partial charge in [-0.2, -0.15) is 0 Å². The lowest BCUT2D eigenvalue weighted by Crippen LogP contribution is -2.46. The summed E-state index contributed by atoms with van der Waals surface area (Å²) in [4.78, 5) is 22.5. The molecule has 0 saturated carbocycles. The van der Waals surface area contributed by atoms with Gasteiger partial charge in [0.05, 0.1) is 0 Å². The average molecular weight is 268 g/mol. The Balaban J connectivity index is 2.22. The van der Waals surface area contributed by atoms with Gasteiger partial charge in [-0.05, 0) is 38.5 Å². The number of hydrogen-bond donors (Lipinski definition) is 3. The number of urea groups is 1. The van der Waals surface area contributed by atoms with E-state index in [-0.39, 0.29) is 0 Å². The molecular weight excluding hydrogens is 244 g/mol. The van der Waals surface area contributed by atoms with Gasteiger partial charge < -0.3 is 15.7 Å². The number of amides is 2. The molecule has 0 aliphatic heterocycles. The fraction of sp³-hybridized carbons (Fsp3) is 0.714. The molecule has 1 atom stereocenters. The zero-order chi connectivity index (χ0) is 14.1. The van der Waals surface area contributed by atoms with Crippen molar-refractivity contribution < 1.29 is 14.7 Å². The molecule has 108 valence electrons. The number of carboxylic acids is 1. The molecular formula is C14H24N2O3. The molecule has 1 aliphatic rings. The van der Waals surface area contributed by atoms with Gasteiger partial charge in [0.1, 0.15) is 6.04 Å². The molecule has 0 bridgehead atoms. The molecule has 0 fully saturated rings. The third-order valence-corrected chi connectivity index (χ3v) is 3.30.